The SMILES string of the molecule is C=C(C)C(=O)OCCSCCOC(=O)C1CCCC(O)C1. The molecule has 0 radical (unpaired) electrons. The summed E-state index contributed by atoms with van der Waals surface area (Å²) in [4.78, 5) is 22.9. The molecule has 2 atom stereocenters. The van der Waals surface area contributed by atoms with Crippen LogP contribution in [0.1, 0.15) is 32.6 Å². The van der Waals surface area contributed by atoms with Crippen LogP contribution in [0.5, 0.6) is 0 Å². The van der Waals surface area contributed by atoms with Gasteiger partial charge in [-0.15, -0.1) is 0 Å². The third kappa shape index (κ3) is 7.52. The number of carbonyl (C=O) groups is 2. The summed E-state index contributed by atoms with van der Waals surface area (Å²) in [5.74, 6) is 0.598. The molecular weight excluding hydrogens is 292 g/mol. The van der Waals surface area contributed by atoms with Gasteiger partial charge in [0.25, 0.3) is 0 Å². The summed E-state index contributed by atoms with van der Waals surface area (Å²) in [6.45, 7) is 5.79. The highest BCUT2D eigenvalue weighted by Crippen LogP contribution is 2.25. The predicted molar refractivity (Wildman–Crippen MR) is 82.0 cm³/mol. The number of rotatable bonds is 8. The molecule has 21 heavy (non-hydrogen) atoms. The first-order chi connectivity index (χ1) is 10.0. The summed E-state index contributed by atoms with van der Waals surface area (Å²) >= 11 is 1.56. The summed E-state index contributed by atoms with van der Waals surface area (Å²) in [7, 11) is 0. The predicted octanol–water partition coefficient (Wildman–Crippen LogP) is 1.93. The van der Waals surface area contributed by atoms with Gasteiger partial charge in [-0.05, 0) is 26.2 Å². The van der Waals surface area contributed by atoms with Crippen molar-refractivity contribution in [2.24, 2.45) is 5.92 Å². The van der Waals surface area contributed by atoms with Crippen LogP contribution in [0.25, 0.3) is 0 Å². The second-order valence-corrected chi connectivity index (χ2v) is 6.44. The first-order valence-electron chi connectivity index (χ1n) is 7.25. The van der Waals surface area contributed by atoms with Gasteiger partial charge in [0.2, 0.25) is 0 Å². The Kier molecular flexibility index (Phi) is 8.45. The van der Waals surface area contributed by atoms with Crippen molar-refractivity contribution in [2.75, 3.05) is 24.7 Å². The van der Waals surface area contributed by atoms with E-state index in [1.165, 1.54) is 0 Å². The molecule has 1 rings (SSSR count). The third-order valence-corrected chi connectivity index (χ3v) is 4.17. The van der Waals surface area contributed by atoms with E-state index in [9.17, 15) is 14.7 Å². The average Bonchev–Trinajstić information content (AvgIpc) is 2.45. The smallest absolute Gasteiger partial charge is 0.333 e. The number of hydrogen-bond acceptors (Lipinski definition) is 6. The van der Waals surface area contributed by atoms with Crippen LogP contribution in [-0.2, 0) is 19.1 Å². The number of aliphatic hydroxyl groups is 1. The topological polar surface area (TPSA) is 72.8 Å². The number of hydrogen-bond donors (Lipinski definition) is 1. The van der Waals surface area contributed by atoms with E-state index in [0.29, 0.717) is 36.7 Å². The molecule has 120 valence electrons. The maximum absolute atomic E-state index is 11.8. The highest BCUT2D eigenvalue weighted by atomic mass is 32.2. The molecule has 0 spiro atoms. The largest absolute Gasteiger partial charge is 0.465 e. The van der Waals surface area contributed by atoms with Gasteiger partial charge in [-0.25, -0.2) is 4.79 Å². The fraction of sp³-hybridized carbons (Fsp3) is 0.733. The molecule has 1 aliphatic rings. The van der Waals surface area contributed by atoms with E-state index >= 15 is 0 Å². The van der Waals surface area contributed by atoms with Gasteiger partial charge in [-0.2, -0.15) is 11.8 Å². The Morgan fingerprint density at radius 3 is 2.52 bits per heavy atom. The van der Waals surface area contributed by atoms with Crippen molar-refractivity contribution in [1.29, 1.82) is 0 Å². The van der Waals surface area contributed by atoms with Gasteiger partial charge in [0.1, 0.15) is 13.2 Å². The van der Waals surface area contributed by atoms with Crippen LogP contribution in [0.15, 0.2) is 12.2 Å². The monoisotopic (exact) mass is 316 g/mol. The van der Waals surface area contributed by atoms with E-state index in [1.807, 2.05) is 0 Å². The second kappa shape index (κ2) is 9.84. The van der Waals surface area contributed by atoms with Crippen LogP contribution in [0, 0.1) is 5.92 Å². The lowest BCUT2D eigenvalue weighted by atomic mass is 9.87. The van der Waals surface area contributed by atoms with Crippen molar-refractivity contribution < 1.29 is 24.2 Å². The van der Waals surface area contributed by atoms with Gasteiger partial charge in [0.15, 0.2) is 0 Å². The van der Waals surface area contributed by atoms with E-state index in [2.05, 4.69) is 6.58 Å². The quantitative estimate of drug-likeness (QED) is 0.419. The fourth-order valence-electron chi connectivity index (χ4n) is 2.12. The molecule has 5 nitrogen and oxygen atoms in total. The van der Waals surface area contributed by atoms with Crippen LogP contribution in [0.4, 0.5) is 0 Å². The average molecular weight is 316 g/mol. The maximum atomic E-state index is 11.8. The summed E-state index contributed by atoms with van der Waals surface area (Å²) in [5, 5.41) is 9.52. The summed E-state index contributed by atoms with van der Waals surface area (Å²) in [6, 6.07) is 0. The van der Waals surface area contributed by atoms with Crippen LogP contribution in [-0.4, -0.2) is 47.9 Å². The molecule has 2 unspecified atom stereocenters. The Labute approximate surface area is 130 Å². The molecule has 1 saturated carbocycles. The molecule has 0 heterocycles. The van der Waals surface area contributed by atoms with E-state index < -0.39 is 0 Å². The van der Waals surface area contributed by atoms with Crippen molar-refractivity contribution in [3.8, 4) is 0 Å². The molecule has 0 aromatic rings. The Balaban J connectivity index is 2.00. The molecule has 0 aliphatic heterocycles. The molecule has 0 aromatic heterocycles. The number of thioether (sulfide) groups is 1. The summed E-state index contributed by atoms with van der Waals surface area (Å²) < 4.78 is 10.1. The first kappa shape index (κ1) is 18.0. The van der Waals surface area contributed by atoms with Crippen molar-refractivity contribution in [3.05, 3.63) is 12.2 Å². The minimum atomic E-state index is -0.377. The highest BCUT2D eigenvalue weighted by molar-refractivity contribution is 7.99. The molecule has 0 amide bonds. The molecule has 0 aromatic carbocycles. The number of carbonyl (C=O) groups excluding carboxylic acids is 2. The Bertz CT molecular complexity index is 369. The van der Waals surface area contributed by atoms with Gasteiger partial charge in [0, 0.05) is 17.1 Å². The lowest BCUT2D eigenvalue weighted by Gasteiger charge is -2.24. The summed E-state index contributed by atoms with van der Waals surface area (Å²) in [6.07, 6.45) is 2.61. The lowest BCUT2D eigenvalue weighted by molar-refractivity contribution is -0.150. The zero-order valence-electron chi connectivity index (χ0n) is 12.5. The molecule has 1 N–H and O–H groups in total. The maximum Gasteiger partial charge on any atom is 0.333 e. The molecule has 0 bridgehead atoms. The standard InChI is InChI=1S/C15H24O5S/c1-11(2)14(17)19-6-8-21-9-7-20-15(18)12-4-3-5-13(16)10-12/h12-13,16H,1,3-10H2,2H3. The van der Waals surface area contributed by atoms with Crippen LogP contribution in [0.2, 0.25) is 0 Å². The lowest BCUT2D eigenvalue weighted by Crippen LogP contribution is -2.27. The Morgan fingerprint density at radius 1 is 1.24 bits per heavy atom. The van der Waals surface area contributed by atoms with Gasteiger partial charge < -0.3 is 14.6 Å². The molecule has 6 heteroatoms. The Hall–Kier alpha value is -1.01. The molecule has 1 fully saturated rings. The fourth-order valence-corrected chi connectivity index (χ4v) is 2.72. The summed E-state index contributed by atoms with van der Waals surface area (Å²) in [5.41, 5.74) is 0.392. The van der Waals surface area contributed by atoms with E-state index in [1.54, 1.807) is 18.7 Å². The number of aliphatic hydroxyl groups excluding tert-OH is 1. The minimum absolute atomic E-state index is 0.157. The van der Waals surface area contributed by atoms with Crippen LogP contribution >= 0.6 is 11.8 Å². The Morgan fingerprint density at radius 2 is 1.90 bits per heavy atom. The zero-order valence-corrected chi connectivity index (χ0v) is 13.3. The third-order valence-electron chi connectivity index (χ3n) is 3.26. The zero-order chi connectivity index (χ0) is 15.7. The van der Waals surface area contributed by atoms with Gasteiger partial charge >= 0.3 is 11.9 Å². The number of ether oxygens (including phenoxy) is 2. The van der Waals surface area contributed by atoms with Crippen molar-refractivity contribution >= 4 is 23.7 Å². The highest BCUT2D eigenvalue weighted by Gasteiger charge is 2.27. The molecular formula is C15H24O5S. The van der Waals surface area contributed by atoms with Gasteiger partial charge in [-0.1, -0.05) is 13.0 Å². The van der Waals surface area contributed by atoms with E-state index in [4.69, 9.17) is 9.47 Å². The van der Waals surface area contributed by atoms with Crippen LogP contribution in [0.3, 0.4) is 0 Å². The van der Waals surface area contributed by atoms with E-state index in [0.717, 1.165) is 19.3 Å². The first-order valence-corrected chi connectivity index (χ1v) is 8.41. The van der Waals surface area contributed by atoms with Crippen LogP contribution < -0.4 is 0 Å². The van der Waals surface area contributed by atoms with Crippen molar-refractivity contribution in [3.63, 3.8) is 0 Å². The molecule has 0 saturated heterocycles. The van der Waals surface area contributed by atoms with Crippen molar-refractivity contribution in [2.45, 2.75) is 38.7 Å². The van der Waals surface area contributed by atoms with Crippen molar-refractivity contribution in [1.82, 2.24) is 0 Å². The van der Waals surface area contributed by atoms with E-state index in [-0.39, 0.29) is 24.0 Å². The normalized spacial score (nSPS) is 21.6. The molecule has 1 aliphatic carbocycles. The number of esters is 2. The van der Waals surface area contributed by atoms with Gasteiger partial charge in [0.05, 0.1) is 12.0 Å². The van der Waals surface area contributed by atoms with Gasteiger partial charge in [-0.3, -0.25) is 4.79 Å². The second-order valence-electron chi connectivity index (χ2n) is 5.21. The minimum Gasteiger partial charge on any atom is -0.465 e.